The number of nitrogen functional groups attached to an aromatic ring is 1. The van der Waals surface area contributed by atoms with E-state index in [-0.39, 0.29) is 13.0 Å². The van der Waals surface area contributed by atoms with Gasteiger partial charge in [-0.2, -0.15) is 0 Å². The predicted octanol–water partition coefficient (Wildman–Crippen LogP) is 1.18. The fourth-order valence-corrected chi connectivity index (χ4v) is 1.17. The molecule has 1 amide bonds. The van der Waals surface area contributed by atoms with Gasteiger partial charge in [-0.05, 0) is 12.1 Å². The van der Waals surface area contributed by atoms with E-state index in [1.54, 1.807) is 18.2 Å². The Hall–Kier alpha value is -1.42. The molecular formula is C9H11ClN2O2. The number of halogens is 1. The molecule has 0 saturated carbocycles. The minimum atomic E-state index is -0.421. The van der Waals surface area contributed by atoms with Crippen molar-refractivity contribution < 1.29 is 9.53 Å². The highest BCUT2D eigenvalue weighted by atomic mass is 35.5. The molecule has 0 radical (unpaired) electrons. The molecule has 0 spiro atoms. The van der Waals surface area contributed by atoms with Gasteiger partial charge in [0.15, 0.2) is 5.75 Å². The Morgan fingerprint density at radius 2 is 2.21 bits per heavy atom. The quantitative estimate of drug-likeness (QED) is 0.739. The lowest BCUT2D eigenvalue weighted by molar-refractivity contribution is -0.118. The maximum absolute atomic E-state index is 10.4. The van der Waals surface area contributed by atoms with Crippen molar-refractivity contribution in [3.63, 3.8) is 0 Å². The normalized spacial score (nSPS) is 9.79. The number of hydrogen-bond acceptors (Lipinski definition) is 3. The van der Waals surface area contributed by atoms with Gasteiger partial charge < -0.3 is 16.2 Å². The van der Waals surface area contributed by atoms with Crippen LogP contribution in [0.4, 0.5) is 5.69 Å². The van der Waals surface area contributed by atoms with E-state index in [1.807, 2.05) is 0 Å². The molecule has 0 heterocycles. The summed E-state index contributed by atoms with van der Waals surface area (Å²) in [7, 11) is 0. The van der Waals surface area contributed by atoms with E-state index in [0.717, 1.165) is 0 Å². The van der Waals surface area contributed by atoms with E-state index in [9.17, 15) is 4.79 Å². The molecule has 0 aromatic heterocycles. The van der Waals surface area contributed by atoms with E-state index in [1.165, 1.54) is 0 Å². The number of carbonyl (C=O) groups excluding carboxylic acids is 1. The molecule has 5 heteroatoms. The van der Waals surface area contributed by atoms with Crippen LogP contribution in [0.25, 0.3) is 0 Å². The second-order valence-electron chi connectivity index (χ2n) is 2.72. The summed E-state index contributed by atoms with van der Waals surface area (Å²) in [6.45, 7) is 0.184. The smallest absolute Gasteiger partial charge is 0.220 e. The first-order valence-electron chi connectivity index (χ1n) is 4.06. The predicted molar refractivity (Wildman–Crippen MR) is 55.2 cm³/mol. The fraction of sp³-hybridized carbons (Fsp3) is 0.222. The van der Waals surface area contributed by atoms with Gasteiger partial charge in [0, 0.05) is 0 Å². The molecule has 4 nitrogen and oxygen atoms in total. The molecule has 0 atom stereocenters. The Bertz CT molecular complexity index is 321. The van der Waals surface area contributed by atoms with Crippen molar-refractivity contribution in [2.45, 2.75) is 6.42 Å². The molecule has 76 valence electrons. The van der Waals surface area contributed by atoms with Crippen molar-refractivity contribution in [3.8, 4) is 5.75 Å². The van der Waals surface area contributed by atoms with Gasteiger partial charge in [-0.3, -0.25) is 4.79 Å². The van der Waals surface area contributed by atoms with Crippen molar-refractivity contribution in [3.05, 3.63) is 23.2 Å². The van der Waals surface area contributed by atoms with E-state index >= 15 is 0 Å². The van der Waals surface area contributed by atoms with E-state index in [0.29, 0.717) is 16.5 Å². The zero-order valence-corrected chi connectivity index (χ0v) is 8.25. The third-order valence-electron chi connectivity index (χ3n) is 1.59. The van der Waals surface area contributed by atoms with Gasteiger partial charge >= 0.3 is 0 Å². The fourth-order valence-electron chi connectivity index (χ4n) is 0.931. The number of anilines is 1. The molecule has 4 N–H and O–H groups in total. The number of carbonyl (C=O) groups is 1. The van der Waals surface area contributed by atoms with Crippen molar-refractivity contribution >= 4 is 23.2 Å². The Balaban J connectivity index is 2.62. The largest absolute Gasteiger partial charge is 0.489 e. The average molecular weight is 215 g/mol. The molecule has 0 fully saturated rings. The number of rotatable bonds is 4. The first kappa shape index (κ1) is 10.7. The molecule has 1 aromatic carbocycles. The van der Waals surface area contributed by atoms with E-state index in [4.69, 9.17) is 27.8 Å². The summed E-state index contributed by atoms with van der Waals surface area (Å²) in [4.78, 5) is 10.4. The second kappa shape index (κ2) is 4.72. The highest BCUT2D eigenvalue weighted by Gasteiger charge is 2.05. The lowest BCUT2D eigenvalue weighted by Gasteiger charge is -2.08. The molecule has 1 rings (SSSR count). The van der Waals surface area contributed by atoms with Crippen LogP contribution >= 0.6 is 11.6 Å². The van der Waals surface area contributed by atoms with E-state index in [2.05, 4.69) is 0 Å². The molecule has 0 bridgehead atoms. The van der Waals surface area contributed by atoms with Crippen LogP contribution in [0.2, 0.25) is 5.02 Å². The third kappa shape index (κ3) is 2.81. The van der Waals surface area contributed by atoms with Crippen molar-refractivity contribution in [2.24, 2.45) is 5.73 Å². The minimum Gasteiger partial charge on any atom is -0.489 e. The Kier molecular flexibility index (Phi) is 3.59. The van der Waals surface area contributed by atoms with Crippen molar-refractivity contribution in [1.82, 2.24) is 0 Å². The number of para-hydroxylation sites is 1. The zero-order chi connectivity index (χ0) is 10.6. The highest BCUT2D eigenvalue weighted by Crippen LogP contribution is 2.30. The maximum atomic E-state index is 10.4. The van der Waals surface area contributed by atoms with Gasteiger partial charge in [-0.25, -0.2) is 0 Å². The zero-order valence-electron chi connectivity index (χ0n) is 7.50. The molecular weight excluding hydrogens is 204 g/mol. The summed E-state index contributed by atoms with van der Waals surface area (Å²) in [6, 6.07) is 5.06. The van der Waals surface area contributed by atoms with Crippen LogP contribution in [0.3, 0.4) is 0 Å². The molecule has 0 aliphatic carbocycles. The number of nitrogens with two attached hydrogens (primary N) is 2. The van der Waals surface area contributed by atoms with Gasteiger partial charge in [-0.15, -0.1) is 0 Å². The van der Waals surface area contributed by atoms with Crippen molar-refractivity contribution in [1.29, 1.82) is 0 Å². The first-order chi connectivity index (χ1) is 6.61. The van der Waals surface area contributed by atoms with Gasteiger partial charge in [0.25, 0.3) is 0 Å². The summed E-state index contributed by atoms with van der Waals surface area (Å²) in [5.74, 6) is -0.0222. The number of primary amides is 1. The summed E-state index contributed by atoms with van der Waals surface area (Å²) in [6.07, 6.45) is 0.144. The lowest BCUT2D eigenvalue weighted by atomic mass is 10.3. The molecule has 0 unspecified atom stereocenters. The second-order valence-corrected chi connectivity index (χ2v) is 3.13. The minimum absolute atomic E-state index is 0.144. The highest BCUT2D eigenvalue weighted by molar-refractivity contribution is 6.32. The van der Waals surface area contributed by atoms with Crippen LogP contribution < -0.4 is 16.2 Å². The van der Waals surface area contributed by atoms with Gasteiger partial charge in [0.1, 0.15) is 0 Å². The van der Waals surface area contributed by atoms with Crippen LogP contribution in [0.15, 0.2) is 18.2 Å². The molecule has 0 saturated heterocycles. The van der Waals surface area contributed by atoms with Crippen LogP contribution in [-0.4, -0.2) is 12.5 Å². The van der Waals surface area contributed by atoms with Crippen LogP contribution in [0.1, 0.15) is 6.42 Å². The average Bonchev–Trinajstić information content (AvgIpc) is 2.09. The van der Waals surface area contributed by atoms with Crippen LogP contribution in [0, 0.1) is 0 Å². The standard InChI is InChI=1S/C9H11ClN2O2/c10-6-2-1-3-7(11)9(6)14-5-4-8(12)13/h1-3H,4-5,11H2,(H2,12,13). The van der Waals surface area contributed by atoms with Crippen LogP contribution in [-0.2, 0) is 4.79 Å². The molecule has 1 aromatic rings. The van der Waals surface area contributed by atoms with Gasteiger partial charge in [0.05, 0.1) is 23.7 Å². The number of ether oxygens (including phenoxy) is 1. The Morgan fingerprint density at radius 1 is 1.50 bits per heavy atom. The third-order valence-corrected chi connectivity index (χ3v) is 1.89. The van der Waals surface area contributed by atoms with Gasteiger partial charge in [-0.1, -0.05) is 17.7 Å². The lowest BCUT2D eigenvalue weighted by Crippen LogP contribution is -2.15. The number of amides is 1. The number of benzene rings is 1. The van der Waals surface area contributed by atoms with Gasteiger partial charge in [0.2, 0.25) is 5.91 Å². The Labute approximate surface area is 86.8 Å². The molecule has 0 aliphatic heterocycles. The monoisotopic (exact) mass is 214 g/mol. The van der Waals surface area contributed by atoms with E-state index < -0.39 is 5.91 Å². The molecule has 14 heavy (non-hydrogen) atoms. The molecule has 0 aliphatic rings. The van der Waals surface area contributed by atoms with Crippen molar-refractivity contribution in [2.75, 3.05) is 12.3 Å². The SMILES string of the molecule is NC(=O)CCOc1c(N)cccc1Cl. The topological polar surface area (TPSA) is 78.3 Å². The summed E-state index contributed by atoms with van der Waals surface area (Å²) in [5.41, 5.74) is 11.0. The first-order valence-corrected chi connectivity index (χ1v) is 4.44. The summed E-state index contributed by atoms with van der Waals surface area (Å²) >= 11 is 5.82. The summed E-state index contributed by atoms with van der Waals surface area (Å²) < 4.78 is 5.22. The Morgan fingerprint density at radius 3 is 2.79 bits per heavy atom. The van der Waals surface area contributed by atoms with Crippen LogP contribution in [0.5, 0.6) is 5.75 Å². The summed E-state index contributed by atoms with van der Waals surface area (Å²) in [5, 5.41) is 0.425. The maximum Gasteiger partial charge on any atom is 0.220 e. The number of hydrogen-bond donors (Lipinski definition) is 2.